The Morgan fingerprint density at radius 1 is 1.07 bits per heavy atom. The second-order valence-electron chi connectivity index (χ2n) is 7.83. The summed E-state index contributed by atoms with van der Waals surface area (Å²) < 4.78 is 28.0. The minimum Gasteiger partial charge on any atom is -0.379 e. The molecule has 1 aliphatic heterocycles. The molecule has 0 saturated carbocycles. The maximum Gasteiger partial charge on any atom is 0.243 e. The van der Waals surface area contributed by atoms with Crippen molar-refractivity contribution in [3.05, 3.63) is 54.1 Å². The molecule has 2 aromatic rings. The van der Waals surface area contributed by atoms with Crippen molar-refractivity contribution < 1.29 is 8.42 Å². The van der Waals surface area contributed by atoms with Crippen LogP contribution in [0, 0.1) is 11.8 Å². The van der Waals surface area contributed by atoms with Gasteiger partial charge in [-0.3, -0.25) is 0 Å². The van der Waals surface area contributed by atoms with E-state index in [-0.39, 0.29) is 6.04 Å². The molecular formula is C21H29N2O2PS. The van der Waals surface area contributed by atoms with E-state index in [4.69, 9.17) is 0 Å². The number of benzene rings is 2. The Morgan fingerprint density at radius 2 is 1.74 bits per heavy atom. The molecule has 0 radical (unpaired) electrons. The zero-order chi connectivity index (χ0) is 19.6. The minimum atomic E-state index is -3.46. The number of hydrogen-bond acceptors (Lipinski definition) is 3. The summed E-state index contributed by atoms with van der Waals surface area (Å²) in [7, 11) is -0.773. The molecule has 4 atom stereocenters. The van der Waals surface area contributed by atoms with Gasteiger partial charge in [-0.2, -0.15) is 4.31 Å². The first-order chi connectivity index (χ1) is 12.8. The topological polar surface area (TPSA) is 49.4 Å². The lowest BCUT2D eigenvalue weighted by atomic mass is 9.94. The van der Waals surface area contributed by atoms with E-state index in [2.05, 4.69) is 34.5 Å². The predicted octanol–water partition coefficient (Wildman–Crippen LogP) is 4.03. The third kappa shape index (κ3) is 4.90. The quantitative estimate of drug-likeness (QED) is 0.766. The lowest BCUT2D eigenvalue weighted by molar-refractivity contribution is 0.222. The third-order valence-electron chi connectivity index (χ3n) is 5.10. The maximum atomic E-state index is 13.2. The van der Waals surface area contributed by atoms with Crippen LogP contribution < -0.4 is 10.6 Å². The Bertz CT molecular complexity index is 891. The van der Waals surface area contributed by atoms with E-state index in [0.717, 1.165) is 23.0 Å². The fourth-order valence-electron chi connectivity index (χ4n) is 3.86. The zero-order valence-corrected chi connectivity index (χ0v) is 18.2. The van der Waals surface area contributed by atoms with Gasteiger partial charge in [0.05, 0.1) is 4.90 Å². The molecular weight excluding hydrogens is 375 g/mol. The van der Waals surface area contributed by atoms with Gasteiger partial charge in [-0.05, 0) is 60.3 Å². The van der Waals surface area contributed by atoms with Crippen LogP contribution in [0.15, 0.2) is 53.4 Å². The zero-order valence-electron chi connectivity index (χ0n) is 16.2. The number of nitrogens with zero attached hydrogens (tertiary/aromatic N) is 1. The summed E-state index contributed by atoms with van der Waals surface area (Å²) in [6.07, 6.45) is 1.09. The van der Waals surface area contributed by atoms with Gasteiger partial charge >= 0.3 is 0 Å². The van der Waals surface area contributed by atoms with Crippen molar-refractivity contribution in [2.45, 2.75) is 38.1 Å². The molecule has 0 spiro atoms. The lowest BCUT2D eigenvalue weighted by Crippen LogP contribution is -2.42. The maximum absolute atomic E-state index is 13.2. The van der Waals surface area contributed by atoms with Crippen molar-refractivity contribution in [3.63, 3.8) is 0 Å². The monoisotopic (exact) mass is 404 g/mol. The van der Waals surface area contributed by atoms with Crippen molar-refractivity contribution in [2.75, 3.05) is 18.4 Å². The predicted molar refractivity (Wildman–Crippen MR) is 116 cm³/mol. The Labute approximate surface area is 165 Å². The van der Waals surface area contributed by atoms with E-state index in [1.165, 1.54) is 0 Å². The van der Waals surface area contributed by atoms with Crippen molar-refractivity contribution in [1.29, 1.82) is 0 Å². The molecule has 1 fully saturated rings. The van der Waals surface area contributed by atoms with E-state index in [1.54, 1.807) is 10.4 Å². The molecule has 2 aromatic carbocycles. The van der Waals surface area contributed by atoms with Gasteiger partial charge < -0.3 is 5.32 Å². The summed E-state index contributed by atoms with van der Waals surface area (Å²) in [6.45, 7) is 7.50. The lowest BCUT2D eigenvalue weighted by Gasteiger charge is -2.34. The van der Waals surface area contributed by atoms with Gasteiger partial charge in [0.15, 0.2) is 0 Å². The van der Waals surface area contributed by atoms with Gasteiger partial charge in [0, 0.05) is 24.8 Å². The number of hydrogen-bond donors (Lipinski definition) is 1. The average molecular weight is 405 g/mol. The summed E-state index contributed by atoms with van der Waals surface area (Å²) in [4.78, 5) is 0.384. The van der Waals surface area contributed by atoms with Gasteiger partial charge in [-0.1, -0.05) is 38.1 Å². The number of nitrogens with one attached hydrogen (secondary N) is 1. The van der Waals surface area contributed by atoms with E-state index >= 15 is 0 Å². The van der Waals surface area contributed by atoms with Crippen LogP contribution in [0.5, 0.6) is 0 Å². The second kappa shape index (κ2) is 8.30. The first-order valence-corrected chi connectivity index (χ1v) is 11.5. The van der Waals surface area contributed by atoms with Crippen LogP contribution in [0.2, 0.25) is 0 Å². The van der Waals surface area contributed by atoms with Crippen LogP contribution in [0.3, 0.4) is 0 Å². The molecule has 0 aromatic heterocycles. The van der Waals surface area contributed by atoms with Gasteiger partial charge in [0.2, 0.25) is 10.0 Å². The number of piperidine rings is 1. The Kier molecular flexibility index (Phi) is 6.25. The van der Waals surface area contributed by atoms with Gasteiger partial charge in [-0.15, -0.1) is 9.24 Å². The first-order valence-electron chi connectivity index (χ1n) is 9.48. The van der Waals surface area contributed by atoms with Gasteiger partial charge in [-0.25, -0.2) is 8.42 Å². The highest BCUT2D eigenvalue weighted by molar-refractivity contribution is 7.89. The summed E-state index contributed by atoms with van der Waals surface area (Å²) in [5.41, 5.74) is 1.98. The first kappa shape index (κ1) is 20.3. The fraction of sp³-hybridized carbons (Fsp3) is 0.429. The highest BCUT2D eigenvalue weighted by atomic mass is 32.2. The minimum absolute atomic E-state index is 0.00570. The van der Waals surface area contributed by atoms with Crippen LogP contribution in [0.4, 0.5) is 5.69 Å². The van der Waals surface area contributed by atoms with Gasteiger partial charge in [0.1, 0.15) is 0 Å². The van der Waals surface area contributed by atoms with E-state index in [0.29, 0.717) is 29.8 Å². The van der Waals surface area contributed by atoms with Crippen molar-refractivity contribution in [2.24, 2.45) is 11.8 Å². The Morgan fingerprint density at radius 3 is 2.41 bits per heavy atom. The molecule has 0 bridgehead atoms. The molecule has 4 nitrogen and oxygen atoms in total. The van der Waals surface area contributed by atoms with Crippen LogP contribution >= 0.6 is 9.24 Å². The van der Waals surface area contributed by atoms with Gasteiger partial charge in [0.25, 0.3) is 0 Å². The molecule has 1 aliphatic rings. The summed E-state index contributed by atoms with van der Waals surface area (Å²) in [6, 6.07) is 15.4. The molecule has 0 amide bonds. The molecule has 1 saturated heterocycles. The number of rotatable bonds is 5. The molecule has 3 rings (SSSR count). The van der Waals surface area contributed by atoms with E-state index < -0.39 is 10.0 Å². The Balaban J connectivity index is 1.82. The summed E-state index contributed by atoms with van der Waals surface area (Å²) in [5, 5.41) is 4.56. The van der Waals surface area contributed by atoms with E-state index in [1.807, 2.05) is 43.3 Å². The largest absolute Gasteiger partial charge is 0.379 e. The second-order valence-corrected chi connectivity index (χ2v) is 10.4. The Hall–Kier alpha value is -1.42. The SMILES string of the molecule is CC1CC(C)CN(S(=O)(=O)c2cccc(C(C)Nc3cccc(P)c3)c2)C1. The standard InChI is InChI=1S/C21H29N2O2PS/c1-15-10-16(2)14-23(13-15)27(24,25)21-9-4-6-18(11-21)17(3)22-19-7-5-8-20(26)12-19/h4-9,11-12,15-17,22H,10,13-14,26H2,1-3H3. The molecule has 6 heteroatoms. The van der Waals surface area contributed by atoms with Crippen LogP contribution in [0.1, 0.15) is 38.8 Å². The summed E-state index contributed by atoms with van der Waals surface area (Å²) in [5.74, 6) is 0.790. The number of anilines is 1. The smallest absolute Gasteiger partial charge is 0.243 e. The molecule has 146 valence electrons. The van der Waals surface area contributed by atoms with Crippen LogP contribution in [-0.4, -0.2) is 25.8 Å². The van der Waals surface area contributed by atoms with Crippen molar-refractivity contribution in [3.8, 4) is 0 Å². The van der Waals surface area contributed by atoms with Crippen molar-refractivity contribution >= 4 is 30.3 Å². The highest BCUT2D eigenvalue weighted by Crippen LogP contribution is 2.28. The van der Waals surface area contributed by atoms with Crippen molar-refractivity contribution in [1.82, 2.24) is 4.31 Å². The fourth-order valence-corrected chi connectivity index (χ4v) is 5.88. The average Bonchev–Trinajstić information content (AvgIpc) is 2.61. The van der Waals surface area contributed by atoms with Crippen LogP contribution in [0.25, 0.3) is 0 Å². The summed E-state index contributed by atoms with van der Waals surface area (Å²) >= 11 is 0. The molecule has 4 unspecified atom stereocenters. The molecule has 1 N–H and O–H groups in total. The highest BCUT2D eigenvalue weighted by Gasteiger charge is 2.31. The normalized spacial score (nSPS) is 22.4. The van der Waals surface area contributed by atoms with E-state index in [9.17, 15) is 8.42 Å². The number of sulfonamides is 1. The third-order valence-corrected chi connectivity index (χ3v) is 7.29. The molecule has 27 heavy (non-hydrogen) atoms. The molecule has 1 heterocycles. The molecule has 0 aliphatic carbocycles. The van der Waals surface area contributed by atoms with Crippen LogP contribution in [-0.2, 0) is 10.0 Å².